The number of carbonyl (C=O) groups excluding carboxylic acids is 1. The maximum absolute atomic E-state index is 11.3. The van der Waals surface area contributed by atoms with Gasteiger partial charge in [-0.1, -0.05) is 48.5 Å². The standard InChI is InChI=1S/C22H32O3/c1-6-14(2)21-16(4)13-18-19(23)12-11-15(3)22(18)17(21)9-7-8-10-20(24)25-5/h6-10,13,15,17-19,21-23H,11-12H2,1-5H3/b9-7+,10-8+,14-6+/t15-,17+,18+,19-,21+,22-/m1/s1. The summed E-state index contributed by atoms with van der Waals surface area (Å²) in [7, 11) is 1.38. The zero-order valence-electron chi connectivity index (χ0n) is 16.1. The highest BCUT2D eigenvalue weighted by Crippen LogP contribution is 2.50. The molecule has 25 heavy (non-hydrogen) atoms. The van der Waals surface area contributed by atoms with Gasteiger partial charge in [-0.3, -0.25) is 0 Å². The van der Waals surface area contributed by atoms with E-state index in [1.807, 2.05) is 6.08 Å². The molecule has 0 aromatic rings. The van der Waals surface area contributed by atoms with Crippen LogP contribution >= 0.6 is 0 Å². The third-order valence-corrected chi connectivity index (χ3v) is 6.06. The Kier molecular flexibility index (Phi) is 6.83. The summed E-state index contributed by atoms with van der Waals surface area (Å²) < 4.78 is 4.64. The lowest BCUT2D eigenvalue weighted by Gasteiger charge is -2.48. The molecule has 0 unspecified atom stereocenters. The fourth-order valence-corrected chi connectivity index (χ4v) is 4.72. The van der Waals surface area contributed by atoms with E-state index in [0.29, 0.717) is 23.7 Å². The molecular formula is C22H32O3. The summed E-state index contributed by atoms with van der Waals surface area (Å²) in [6.45, 7) is 8.78. The Hall–Kier alpha value is -1.61. The van der Waals surface area contributed by atoms with Crippen LogP contribution in [0.4, 0.5) is 0 Å². The Bertz CT molecular complexity index is 596. The van der Waals surface area contributed by atoms with Crippen LogP contribution in [0.25, 0.3) is 0 Å². The van der Waals surface area contributed by atoms with E-state index in [-0.39, 0.29) is 18.0 Å². The Balaban J connectivity index is 2.38. The van der Waals surface area contributed by atoms with Crippen LogP contribution in [0.3, 0.4) is 0 Å². The second kappa shape index (κ2) is 8.66. The lowest BCUT2D eigenvalue weighted by Crippen LogP contribution is -2.45. The fourth-order valence-electron chi connectivity index (χ4n) is 4.72. The highest BCUT2D eigenvalue weighted by atomic mass is 16.5. The fraction of sp³-hybridized carbons (Fsp3) is 0.591. The number of allylic oxidation sites excluding steroid dienone is 6. The Morgan fingerprint density at radius 1 is 1.32 bits per heavy atom. The molecule has 0 bridgehead atoms. The number of esters is 1. The van der Waals surface area contributed by atoms with Gasteiger partial charge in [0.1, 0.15) is 0 Å². The molecule has 0 aliphatic heterocycles. The van der Waals surface area contributed by atoms with Crippen molar-refractivity contribution in [3.8, 4) is 0 Å². The summed E-state index contributed by atoms with van der Waals surface area (Å²) in [6, 6.07) is 0. The maximum atomic E-state index is 11.3. The van der Waals surface area contributed by atoms with E-state index < -0.39 is 0 Å². The van der Waals surface area contributed by atoms with Crippen molar-refractivity contribution in [1.29, 1.82) is 0 Å². The highest BCUT2D eigenvalue weighted by molar-refractivity contribution is 5.82. The quantitative estimate of drug-likeness (QED) is 0.355. The van der Waals surface area contributed by atoms with Crippen LogP contribution < -0.4 is 0 Å². The van der Waals surface area contributed by atoms with Crippen molar-refractivity contribution in [2.24, 2.45) is 29.6 Å². The minimum atomic E-state index is -0.343. The van der Waals surface area contributed by atoms with Crippen molar-refractivity contribution >= 4 is 5.97 Å². The zero-order chi connectivity index (χ0) is 18.6. The first kappa shape index (κ1) is 19.7. The molecule has 0 saturated heterocycles. The number of fused-ring (bicyclic) bond motifs is 1. The number of aliphatic hydroxyl groups is 1. The molecule has 0 radical (unpaired) electrons. The van der Waals surface area contributed by atoms with Gasteiger partial charge in [0.05, 0.1) is 13.2 Å². The molecule has 3 heteroatoms. The Morgan fingerprint density at radius 2 is 2.04 bits per heavy atom. The number of rotatable bonds is 4. The second-order valence-electron chi connectivity index (χ2n) is 7.54. The summed E-state index contributed by atoms with van der Waals surface area (Å²) in [6.07, 6.45) is 13.6. The van der Waals surface area contributed by atoms with Gasteiger partial charge >= 0.3 is 5.97 Å². The minimum Gasteiger partial charge on any atom is -0.466 e. The van der Waals surface area contributed by atoms with Crippen LogP contribution in [0.2, 0.25) is 0 Å². The summed E-state index contributed by atoms with van der Waals surface area (Å²) in [5, 5.41) is 10.6. The summed E-state index contributed by atoms with van der Waals surface area (Å²) in [5.41, 5.74) is 2.71. The van der Waals surface area contributed by atoms with Gasteiger partial charge in [-0.15, -0.1) is 0 Å². The summed E-state index contributed by atoms with van der Waals surface area (Å²) >= 11 is 0. The first-order valence-corrected chi connectivity index (χ1v) is 9.32. The van der Waals surface area contributed by atoms with E-state index in [9.17, 15) is 9.90 Å². The SMILES string of the molecule is C/C=C(\C)[C@H]1C(C)=C[C@@H]2[C@@H]([C@H]1/C=C/C=C/C(=O)OC)[C@H](C)CC[C@H]2O. The van der Waals surface area contributed by atoms with Crippen molar-refractivity contribution in [2.45, 2.75) is 46.6 Å². The topological polar surface area (TPSA) is 46.5 Å². The summed E-state index contributed by atoms with van der Waals surface area (Å²) in [5.74, 6) is 1.58. The molecule has 0 aromatic carbocycles. The highest BCUT2D eigenvalue weighted by Gasteiger charge is 2.45. The summed E-state index contributed by atoms with van der Waals surface area (Å²) in [4.78, 5) is 11.3. The first-order valence-electron chi connectivity index (χ1n) is 9.32. The lowest BCUT2D eigenvalue weighted by atomic mass is 9.57. The number of hydrogen-bond donors (Lipinski definition) is 1. The Labute approximate surface area is 152 Å². The van der Waals surface area contributed by atoms with E-state index >= 15 is 0 Å². The van der Waals surface area contributed by atoms with Crippen LogP contribution in [0.15, 0.2) is 47.6 Å². The molecule has 1 fully saturated rings. The molecule has 2 rings (SSSR count). The van der Waals surface area contributed by atoms with Crippen LogP contribution in [0.1, 0.15) is 40.5 Å². The van der Waals surface area contributed by atoms with Gasteiger partial charge in [-0.2, -0.15) is 0 Å². The molecule has 0 aromatic heterocycles. The average molecular weight is 344 g/mol. The van der Waals surface area contributed by atoms with Crippen molar-refractivity contribution < 1.29 is 14.6 Å². The Morgan fingerprint density at radius 3 is 2.68 bits per heavy atom. The van der Waals surface area contributed by atoms with Gasteiger partial charge < -0.3 is 9.84 Å². The predicted molar refractivity (Wildman–Crippen MR) is 102 cm³/mol. The third-order valence-electron chi connectivity index (χ3n) is 6.06. The largest absolute Gasteiger partial charge is 0.466 e. The van der Waals surface area contributed by atoms with E-state index in [4.69, 9.17) is 0 Å². The van der Waals surface area contributed by atoms with Crippen LogP contribution in [-0.2, 0) is 9.53 Å². The van der Waals surface area contributed by atoms with Crippen LogP contribution in [-0.4, -0.2) is 24.3 Å². The van der Waals surface area contributed by atoms with E-state index in [0.717, 1.165) is 12.8 Å². The number of aliphatic hydroxyl groups excluding tert-OH is 1. The normalized spacial score (nSPS) is 36.4. The molecule has 1 saturated carbocycles. The van der Waals surface area contributed by atoms with Crippen molar-refractivity contribution in [3.63, 3.8) is 0 Å². The minimum absolute atomic E-state index is 0.226. The molecule has 0 spiro atoms. The van der Waals surface area contributed by atoms with Crippen molar-refractivity contribution in [2.75, 3.05) is 7.11 Å². The predicted octanol–water partition coefficient (Wildman–Crippen LogP) is 4.45. The van der Waals surface area contributed by atoms with E-state index in [1.54, 1.807) is 6.08 Å². The molecular weight excluding hydrogens is 312 g/mol. The van der Waals surface area contributed by atoms with Crippen LogP contribution in [0, 0.1) is 29.6 Å². The smallest absolute Gasteiger partial charge is 0.330 e. The second-order valence-corrected chi connectivity index (χ2v) is 7.54. The number of methoxy groups -OCH3 is 1. The van der Waals surface area contributed by atoms with Gasteiger partial charge in [-0.25, -0.2) is 4.79 Å². The van der Waals surface area contributed by atoms with Gasteiger partial charge in [0, 0.05) is 17.9 Å². The monoisotopic (exact) mass is 344 g/mol. The van der Waals surface area contributed by atoms with Gasteiger partial charge in [0.15, 0.2) is 0 Å². The maximum Gasteiger partial charge on any atom is 0.330 e. The molecule has 2 aliphatic carbocycles. The molecule has 0 amide bonds. The lowest BCUT2D eigenvalue weighted by molar-refractivity contribution is -0.134. The van der Waals surface area contributed by atoms with Crippen molar-refractivity contribution in [1.82, 2.24) is 0 Å². The zero-order valence-corrected chi connectivity index (χ0v) is 16.1. The van der Waals surface area contributed by atoms with Gasteiger partial charge in [0.2, 0.25) is 0 Å². The molecule has 1 N–H and O–H groups in total. The molecule has 2 aliphatic rings. The number of ether oxygens (including phenoxy) is 1. The van der Waals surface area contributed by atoms with Gasteiger partial charge in [-0.05, 0) is 51.4 Å². The number of hydrogen-bond acceptors (Lipinski definition) is 3. The molecule has 3 nitrogen and oxygen atoms in total. The molecule has 6 atom stereocenters. The third kappa shape index (κ3) is 4.33. The first-order chi connectivity index (χ1) is 11.9. The van der Waals surface area contributed by atoms with Crippen LogP contribution in [0.5, 0.6) is 0 Å². The van der Waals surface area contributed by atoms with Gasteiger partial charge in [0.25, 0.3) is 0 Å². The van der Waals surface area contributed by atoms with Crippen molar-refractivity contribution in [3.05, 3.63) is 47.6 Å². The van der Waals surface area contributed by atoms with E-state index in [2.05, 4.69) is 50.7 Å². The van der Waals surface area contributed by atoms with E-state index in [1.165, 1.54) is 24.3 Å². The average Bonchev–Trinajstić information content (AvgIpc) is 2.60. The molecule has 0 heterocycles. The molecule has 138 valence electrons. The number of carbonyl (C=O) groups is 1.